The van der Waals surface area contributed by atoms with E-state index in [-0.39, 0.29) is 29.2 Å². The topological polar surface area (TPSA) is 93.1 Å². The summed E-state index contributed by atoms with van der Waals surface area (Å²) in [5.74, 6) is -0.385. The van der Waals surface area contributed by atoms with Gasteiger partial charge in [0.1, 0.15) is 0 Å². The summed E-state index contributed by atoms with van der Waals surface area (Å²) < 4.78 is 40.0. The zero-order valence-corrected chi connectivity index (χ0v) is 15.6. The number of alkyl halides is 3. The third kappa shape index (κ3) is 5.01. The number of halogens is 3. The van der Waals surface area contributed by atoms with Gasteiger partial charge in [-0.3, -0.25) is 14.4 Å². The molecule has 0 bridgehead atoms. The predicted octanol–water partition coefficient (Wildman–Crippen LogP) is 1.56. The van der Waals surface area contributed by atoms with Crippen LogP contribution in [0.4, 0.5) is 13.2 Å². The summed E-state index contributed by atoms with van der Waals surface area (Å²) in [5.41, 5.74) is -0.473. The van der Waals surface area contributed by atoms with Gasteiger partial charge >= 0.3 is 6.18 Å². The van der Waals surface area contributed by atoms with Crippen molar-refractivity contribution in [2.45, 2.75) is 20.0 Å². The van der Waals surface area contributed by atoms with Crippen molar-refractivity contribution in [3.8, 4) is 18.0 Å². The van der Waals surface area contributed by atoms with Crippen LogP contribution in [-0.2, 0) is 15.8 Å². The van der Waals surface area contributed by atoms with E-state index in [1.807, 2.05) is 0 Å². The number of hydrogen-bond donors (Lipinski definition) is 2. The molecule has 0 saturated carbocycles. The van der Waals surface area contributed by atoms with Gasteiger partial charge in [0, 0.05) is 0 Å². The van der Waals surface area contributed by atoms with Crippen molar-refractivity contribution in [2.24, 2.45) is 0 Å². The molecule has 1 aromatic carbocycles. The SMILES string of the molecule is C#CCNC(=O)CNC(=O)C(=O)c1c(C)nn(-c2cccc(C(F)(F)F)c2)c1C. The Bertz CT molecular complexity index is 1000. The number of amides is 2. The quantitative estimate of drug-likeness (QED) is 0.433. The number of benzene rings is 1. The van der Waals surface area contributed by atoms with Gasteiger partial charge in [0.15, 0.2) is 0 Å². The van der Waals surface area contributed by atoms with E-state index in [1.165, 1.54) is 26.0 Å². The number of nitrogens with one attached hydrogen (secondary N) is 2. The van der Waals surface area contributed by atoms with Crippen LogP contribution in [0, 0.1) is 26.2 Å². The van der Waals surface area contributed by atoms with Crippen molar-refractivity contribution < 1.29 is 27.6 Å². The molecule has 0 aliphatic rings. The zero-order valence-electron chi connectivity index (χ0n) is 15.6. The predicted molar refractivity (Wildman–Crippen MR) is 97.2 cm³/mol. The number of ketones is 1. The third-order valence-corrected chi connectivity index (χ3v) is 3.94. The Labute approximate surface area is 164 Å². The van der Waals surface area contributed by atoms with Crippen molar-refractivity contribution in [3.63, 3.8) is 0 Å². The molecule has 0 unspecified atom stereocenters. The lowest BCUT2D eigenvalue weighted by atomic mass is 10.1. The number of aromatic nitrogens is 2. The maximum absolute atomic E-state index is 13.0. The average Bonchev–Trinajstić information content (AvgIpc) is 2.97. The Balaban J connectivity index is 2.25. The van der Waals surface area contributed by atoms with Gasteiger partial charge in [-0.2, -0.15) is 18.3 Å². The molecule has 1 heterocycles. The van der Waals surface area contributed by atoms with Crippen LogP contribution in [0.1, 0.15) is 27.3 Å². The molecule has 10 heteroatoms. The minimum atomic E-state index is -4.54. The summed E-state index contributed by atoms with van der Waals surface area (Å²) in [6, 6.07) is 4.43. The number of carbonyl (C=O) groups excluding carboxylic acids is 3. The molecule has 0 atom stereocenters. The van der Waals surface area contributed by atoms with Crippen molar-refractivity contribution in [2.75, 3.05) is 13.1 Å². The molecule has 29 heavy (non-hydrogen) atoms. The number of terminal acetylenes is 1. The highest BCUT2D eigenvalue weighted by molar-refractivity contribution is 6.43. The molecule has 0 spiro atoms. The van der Waals surface area contributed by atoms with Crippen LogP contribution in [0.5, 0.6) is 0 Å². The molecule has 2 aromatic rings. The molecule has 0 aliphatic heterocycles. The molecule has 7 nitrogen and oxygen atoms in total. The fourth-order valence-electron chi connectivity index (χ4n) is 2.60. The van der Waals surface area contributed by atoms with Crippen LogP contribution < -0.4 is 10.6 Å². The number of aryl methyl sites for hydroxylation is 1. The van der Waals surface area contributed by atoms with Crippen LogP contribution in [0.2, 0.25) is 0 Å². The largest absolute Gasteiger partial charge is 0.416 e. The van der Waals surface area contributed by atoms with Crippen molar-refractivity contribution in [1.29, 1.82) is 0 Å². The highest BCUT2D eigenvalue weighted by Crippen LogP contribution is 2.30. The van der Waals surface area contributed by atoms with Crippen LogP contribution in [0.3, 0.4) is 0 Å². The summed E-state index contributed by atoms with van der Waals surface area (Å²) in [6.07, 6.45) is 0.459. The summed E-state index contributed by atoms with van der Waals surface area (Å²) >= 11 is 0. The van der Waals surface area contributed by atoms with Crippen molar-refractivity contribution >= 4 is 17.6 Å². The average molecular weight is 406 g/mol. The Kier molecular flexibility index (Phi) is 6.43. The van der Waals surface area contributed by atoms with Gasteiger partial charge in [0.05, 0.1) is 41.3 Å². The van der Waals surface area contributed by atoms with E-state index in [9.17, 15) is 27.6 Å². The molecule has 2 rings (SSSR count). The zero-order chi connectivity index (χ0) is 21.8. The second-order valence-corrected chi connectivity index (χ2v) is 6.00. The molecule has 0 radical (unpaired) electrons. The van der Waals surface area contributed by atoms with Gasteiger partial charge in [0.2, 0.25) is 5.91 Å². The van der Waals surface area contributed by atoms with E-state index in [0.29, 0.717) is 0 Å². The smallest absolute Gasteiger partial charge is 0.344 e. The van der Waals surface area contributed by atoms with Crippen LogP contribution >= 0.6 is 0 Å². The Morgan fingerprint density at radius 2 is 1.90 bits per heavy atom. The minimum Gasteiger partial charge on any atom is -0.344 e. The summed E-state index contributed by atoms with van der Waals surface area (Å²) in [6.45, 7) is 2.44. The molecule has 152 valence electrons. The molecule has 1 aromatic heterocycles. The van der Waals surface area contributed by atoms with Crippen LogP contribution in [-0.4, -0.2) is 40.5 Å². The summed E-state index contributed by atoms with van der Waals surface area (Å²) in [4.78, 5) is 36.0. The van der Waals surface area contributed by atoms with Crippen LogP contribution in [0.15, 0.2) is 24.3 Å². The van der Waals surface area contributed by atoms with Crippen LogP contribution in [0.25, 0.3) is 5.69 Å². The Hall–Kier alpha value is -3.61. The monoisotopic (exact) mass is 406 g/mol. The summed E-state index contributed by atoms with van der Waals surface area (Å²) in [7, 11) is 0. The first-order chi connectivity index (χ1) is 13.6. The van der Waals surface area contributed by atoms with Gasteiger partial charge in [-0.1, -0.05) is 12.0 Å². The lowest BCUT2D eigenvalue weighted by Crippen LogP contribution is -2.40. The maximum Gasteiger partial charge on any atom is 0.416 e. The highest BCUT2D eigenvalue weighted by Gasteiger charge is 2.31. The molecule has 0 fully saturated rings. The Morgan fingerprint density at radius 3 is 2.52 bits per heavy atom. The molecule has 2 amide bonds. The van der Waals surface area contributed by atoms with E-state index >= 15 is 0 Å². The maximum atomic E-state index is 13.0. The van der Waals surface area contributed by atoms with E-state index < -0.39 is 35.9 Å². The second kappa shape index (κ2) is 8.60. The minimum absolute atomic E-state index is 0.0232. The van der Waals surface area contributed by atoms with Gasteiger partial charge in [-0.05, 0) is 32.0 Å². The fraction of sp³-hybridized carbons (Fsp3) is 0.263. The first-order valence-corrected chi connectivity index (χ1v) is 8.32. The second-order valence-electron chi connectivity index (χ2n) is 6.00. The fourth-order valence-corrected chi connectivity index (χ4v) is 2.60. The lowest BCUT2D eigenvalue weighted by molar-refractivity contribution is -0.137. The van der Waals surface area contributed by atoms with Crippen molar-refractivity contribution in [1.82, 2.24) is 20.4 Å². The molecule has 2 N–H and O–H groups in total. The van der Waals surface area contributed by atoms with E-state index in [4.69, 9.17) is 6.42 Å². The van der Waals surface area contributed by atoms with E-state index in [1.54, 1.807) is 0 Å². The first kappa shape index (κ1) is 21.7. The standard InChI is InChI=1S/C19H17F3N4O3/c1-4-8-23-15(27)10-24-18(29)17(28)16-11(2)25-26(12(16)3)14-7-5-6-13(9-14)19(20,21)22/h1,5-7,9H,8,10H2,2-3H3,(H,23,27)(H,24,29). The van der Waals surface area contributed by atoms with Gasteiger partial charge < -0.3 is 10.6 Å². The number of nitrogens with zero attached hydrogens (tertiary/aromatic N) is 2. The molecule has 0 saturated heterocycles. The molecular formula is C19H17F3N4O3. The van der Waals surface area contributed by atoms with E-state index in [0.717, 1.165) is 16.8 Å². The molecular weight excluding hydrogens is 389 g/mol. The number of Topliss-reactive ketones (excluding diaryl/α,β-unsaturated/α-hetero) is 1. The number of hydrogen-bond acceptors (Lipinski definition) is 4. The highest BCUT2D eigenvalue weighted by atomic mass is 19.4. The van der Waals surface area contributed by atoms with Gasteiger partial charge in [0.25, 0.3) is 11.7 Å². The summed E-state index contributed by atoms with van der Waals surface area (Å²) in [5, 5.41) is 8.58. The normalized spacial score (nSPS) is 10.9. The van der Waals surface area contributed by atoms with Gasteiger partial charge in [-0.15, -0.1) is 6.42 Å². The van der Waals surface area contributed by atoms with E-state index in [2.05, 4.69) is 21.7 Å². The van der Waals surface area contributed by atoms with Crippen molar-refractivity contribution in [3.05, 3.63) is 46.8 Å². The Morgan fingerprint density at radius 1 is 1.21 bits per heavy atom. The third-order valence-electron chi connectivity index (χ3n) is 3.94. The first-order valence-electron chi connectivity index (χ1n) is 8.32. The number of carbonyl (C=O) groups is 3. The van der Waals surface area contributed by atoms with Gasteiger partial charge in [-0.25, -0.2) is 4.68 Å². The molecule has 0 aliphatic carbocycles. The number of rotatable bonds is 6. The lowest BCUT2D eigenvalue weighted by Gasteiger charge is -2.10.